The second kappa shape index (κ2) is 12.2. The van der Waals surface area contributed by atoms with Gasteiger partial charge >= 0.3 is 5.97 Å². The number of aliphatic hydroxyl groups is 2. The minimum absolute atomic E-state index is 0. The Hall–Kier alpha value is -3.57. The molecule has 0 heterocycles. The number of carbonyl (C=O) groups is 5. The highest BCUT2D eigenvalue weighted by Gasteiger charge is 2.47. The summed E-state index contributed by atoms with van der Waals surface area (Å²) in [4.78, 5) is 58.0. The fraction of sp³-hybridized carbons (Fsp3) is 0.458. The number of Topliss-reactive ketones (excluding diaryl/α,β-unsaturated/α-hetero) is 3. The van der Waals surface area contributed by atoms with E-state index in [1.165, 1.54) is 13.0 Å². The van der Waals surface area contributed by atoms with Crippen LogP contribution in [0.1, 0.15) is 63.9 Å². The molecule has 0 saturated heterocycles. The van der Waals surface area contributed by atoms with Gasteiger partial charge in [-0.25, -0.2) is 0 Å². The second-order valence-electron chi connectivity index (χ2n) is 8.42. The number of hydrogen-bond acceptors (Lipinski definition) is 8. The van der Waals surface area contributed by atoms with E-state index in [4.69, 9.17) is 10.8 Å². The fourth-order valence-corrected chi connectivity index (χ4v) is 4.59. The standard InChI is InChI=1S/C21H23NO7.C3H6O2.H2O.2H2/c1-9(24)13-3-2-10-6-12-7-11(4-5-23)16(14(25)8-15(22)26)20(28)18(12)21(29)17(10)19(13)27;1-2-3(4)5;;;/h2-3,11-12,16,23,27,29H,4-8H2,1H3,(H2,22,26);2H2,1H3,(H,4,5);1H2;2*1H. The number of aromatic hydroxyl groups is 1. The normalized spacial score (nSPS) is 20.4. The number of amides is 1. The molecular formula is C24H35NO10. The molecule has 196 valence electrons. The van der Waals surface area contributed by atoms with Crippen molar-refractivity contribution >= 4 is 35.0 Å². The van der Waals surface area contributed by atoms with Crippen molar-refractivity contribution in [3.8, 4) is 5.75 Å². The highest BCUT2D eigenvalue weighted by Crippen LogP contribution is 2.47. The van der Waals surface area contributed by atoms with Crippen LogP contribution in [0.15, 0.2) is 17.7 Å². The highest BCUT2D eigenvalue weighted by atomic mass is 16.4. The van der Waals surface area contributed by atoms with Crippen LogP contribution in [-0.2, 0) is 25.6 Å². The smallest absolute Gasteiger partial charge is 0.303 e. The summed E-state index contributed by atoms with van der Waals surface area (Å²) in [6.07, 6.45) is 0.514. The maximum Gasteiger partial charge on any atom is 0.303 e. The van der Waals surface area contributed by atoms with E-state index in [9.17, 15) is 39.3 Å². The number of carbonyl (C=O) groups excluding carboxylic acids is 4. The Kier molecular flexibility index (Phi) is 10.3. The number of aliphatic hydroxyl groups excluding tert-OH is 2. The van der Waals surface area contributed by atoms with Gasteiger partial charge in [-0.2, -0.15) is 0 Å². The van der Waals surface area contributed by atoms with Gasteiger partial charge in [0.05, 0.1) is 23.5 Å². The van der Waals surface area contributed by atoms with Gasteiger partial charge in [-0.1, -0.05) is 13.0 Å². The molecule has 0 spiro atoms. The number of fused-ring (bicyclic) bond motifs is 2. The first-order chi connectivity index (χ1) is 15.9. The molecule has 2 aliphatic rings. The van der Waals surface area contributed by atoms with E-state index in [2.05, 4.69) is 0 Å². The van der Waals surface area contributed by atoms with Crippen molar-refractivity contribution in [1.29, 1.82) is 0 Å². The number of carboxylic acid groups (broad SMARTS) is 1. The molecule has 0 radical (unpaired) electrons. The lowest BCUT2D eigenvalue weighted by molar-refractivity contribution is -0.138. The molecule has 1 amide bonds. The number of aliphatic carboxylic acids is 1. The van der Waals surface area contributed by atoms with Crippen molar-refractivity contribution in [1.82, 2.24) is 0 Å². The van der Waals surface area contributed by atoms with Gasteiger partial charge in [0.15, 0.2) is 17.3 Å². The molecule has 3 rings (SSSR count). The monoisotopic (exact) mass is 497 g/mol. The maximum absolute atomic E-state index is 13.2. The number of primary amides is 1. The van der Waals surface area contributed by atoms with Crippen molar-refractivity contribution in [2.24, 2.45) is 23.5 Å². The summed E-state index contributed by atoms with van der Waals surface area (Å²) in [5.41, 5.74) is 5.77. The number of ketones is 3. The first kappa shape index (κ1) is 29.5. The summed E-state index contributed by atoms with van der Waals surface area (Å²) in [5, 5.41) is 38.4. The average Bonchev–Trinajstić information content (AvgIpc) is 2.73. The number of phenolic OH excluding ortho intramolecular Hbond substituents is 1. The quantitative estimate of drug-likeness (QED) is 0.269. The zero-order valence-corrected chi connectivity index (χ0v) is 19.5. The fourth-order valence-electron chi connectivity index (χ4n) is 4.59. The number of carboxylic acids is 1. The Morgan fingerprint density at radius 1 is 1.17 bits per heavy atom. The Morgan fingerprint density at radius 2 is 1.77 bits per heavy atom. The highest BCUT2D eigenvalue weighted by molar-refractivity contribution is 6.17. The van der Waals surface area contributed by atoms with Gasteiger partial charge < -0.3 is 31.6 Å². The predicted molar refractivity (Wildman–Crippen MR) is 128 cm³/mol. The average molecular weight is 498 g/mol. The van der Waals surface area contributed by atoms with Gasteiger partial charge in [0, 0.05) is 21.5 Å². The minimum atomic E-state index is -1.19. The number of phenols is 1. The SMILES string of the molecule is CC(=O)c1ccc2c(c1O)C(O)=C1C(=O)C(C(=O)CC(N)=O)C(CCO)CC1C2.CCC(=O)O.O.[HH].[HH]. The van der Waals surface area contributed by atoms with Gasteiger partial charge in [-0.15, -0.1) is 0 Å². The largest absolute Gasteiger partial charge is 0.507 e. The lowest BCUT2D eigenvalue weighted by Gasteiger charge is -2.39. The molecule has 8 N–H and O–H groups in total. The van der Waals surface area contributed by atoms with Crippen LogP contribution in [0.25, 0.3) is 5.76 Å². The van der Waals surface area contributed by atoms with Crippen LogP contribution in [0.5, 0.6) is 5.75 Å². The van der Waals surface area contributed by atoms with Crippen LogP contribution in [-0.4, -0.2) is 61.7 Å². The summed E-state index contributed by atoms with van der Waals surface area (Å²) >= 11 is 0. The Bertz CT molecular complexity index is 1070. The first-order valence-electron chi connectivity index (χ1n) is 10.9. The lowest BCUT2D eigenvalue weighted by atomic mass is 9.63. The zero-order valence-electron chi connectivity index (χ0n) is 19.5. The van der Waals surface area contributed by atoms with Crippen molar-refractivity contribution in [2.75, 3.05) is 6.61 Å². The molecule has 1 aromatic rings. The van der Waals surface area contributed by atoms with Crippen LogP contribution < -0.4 is 5.73 Å². The molecule has 35 heavy (non-hydrogen) atoms. The van der Waals surface area contributed by atoms with Gasteiger partial charge in [0.25, 0.3) is 0 Å². The Morgan fingerprint density at radius 3 is 2.26 bits per heavy atom. The van der Waals surface area contributed by atoms with Crippen LogP contribution >= 0.6 is 0 Å². The second-order valence-corrected chi connectivity index (χ2v) is 8.42. The summed E-state index contributed by atoms with van der Waals surface area (Å²) in [6.45, 7) is 2.65. The van der Waals surface area contributed by atoms with Gasteiger partial charge in [0.2, 0.25) is 5.91 Å². The molecule has 0 aliphatic heterocycles. The van der Waals surface area contributed by atoms with Crippen LogP contribution in [0, 0.1) is 17.8 Å². The van der Waals surface area contributed by atoms with E-state index >= 15 is 0 Å². The van der Waals surface area contributed by atoms with E-state index < -0.39 is 64.9 Å². The molecule has 3 atom stereocenters. The molecule has 0 bridgehead atoms. The van der Waals surface area contributed by atoms with Crippen LogP contribution in [0.2, 0.25) is 0 Å². The Balaban J connectivity index is 0. The van der Waals surface area contributed by atoms with Gasteiger partial charge in [0.1, 0.15) is 11.5 Å². The molecular weight excluding hydrogens is 462 g/mol. The third kappa shape index (κ3) is 6.31. The summed E-state index contributed by atoms with van der Waals surface area (Å²) < 4.78 is 0. The van der Waals surface area contributed by atoms with E-state index in [1.807, 2.05) is 0 Å². The molecule has 11 nitrogen and oxygen atoms in total. The number of benzene rings is 1. The van der Waals surface area contributed by atoms with E-state index in [0.717, 1.165) is 0 Å². The lowest BCUT2D eigenvalue weighted by Crippen LogP contribution is -2.43. The topological polar surface area (TPSA) is 224 Å². The molecule has 3 unspecified atom stereocenters. The van der Waals surface area contributed by atoms with E-state index in [-0.39, 0.29) is 44.5 Å². The summed E-state index contributed by atoms with van der Waals surface area (Å²) in [7, 11) is 0. The van der Waals surface area contributed by atoms with Crippen LogP contribution in [0.4, 0.5) is 0 Å². The maximum atomic E-state index is 13.2. The number of hydrogen-bond donors (Lipinski definition) is 5. The molecule has 1 aromatic carbocycles. The Labute approximate surface area is 204 Å². The minimum Gasteiger partial charge on any atom is -0.507 e. The van der Waals surface area contributed by atoms with Crippen LogP contribution in [0.3, 0.4) is 0 Å². The molecule has 1 fully saturated rings. The summed E-state index contributed by atoms with van der Waals surface area (Å²) in [5.74, 6) is -6.17. The summed E-state index contributed by atoms with van der Waals surface area (Å²) in [6, 6.07) is 3.11. The van der Waals surface area contributed by atoms with Gasteiger partial charge in [-0.3, -0.25) is 24.0 Å². The van der Waals surface area contributed by atoms with Crippen molar-refractivity contribution in [2.45, 2.75) is 46.0 Å². The molecule has 11 heteroatoms. The van der Waals surface area contributed by atoms with Crippen molar-refractivity contribution < 1.29 is 52.7 Å². The third-order valence-corrected chi connectivity index (χ3v) is 6.11. The van der Waals surface area contributed by atoms with E-state index in [1.54, 1.807) is 13.0 Å². The molecule has 1 saturated carbocycles. The molecule has 0 aromatic heterocycles. The van der Waals surface area contributed by atoms with E-state index in [0.29, 0.717) is 18.4 Å². The van der Waals surface area contributed by atoms with Crippen molar-refractivity contribution in [3.05, 3.63) is 34.4 Å². The van der Waals surface area contributed by atoms with Crippen molar-refractivity contribution in [3.63, 3.8) is 0 Å². The number of nitrogens with two attached hydrogens (primary N) is 1. The number of allylic oxidation sites excluding steroid dienone is 1. The van der Waals surface area contributed by atoms with Gasteiger partial charge in [-0.05, 0) is 49.7 Å². The number of rotatable bonds is 7. The first-order valence-corrected chi connectivity index (χ1v) is 10.9. The molecule has 2 aliphatic carbocycles. The third-order valence-electron chi connectivity index (χ3n) is 6.11. The predicted octanol–water partition coefficient (Wildman–Crippen LogP) is 1.22. The zero-order chi connectivity index (χ0) is 25.7.